The smallest absolute Gasteiger partial charge is 0.231 e. The Kier molecular flexibility index (Phi) is 4.31. The Morgan fingerprint density at radius 2 is 2.03 bits per heavy atom. The first-order valence-corrected chi connectivity index (χ1v) is 9.97. The fourth-order valence-electron chi connectivity index (χ4n) is 4.12. The molecule has 0 bridgehead atoms. The van der Waals surface area contributed by atoms with E-state index in [1.165, 1.54) is 5.56 Å². The maximum Gasteiger partial charge on any atom is 0.231 e. The predicted molar refractivity (Wildman–Crippen MR) is 111 cm³/mol. The summed E-state index contributed by atoms with van der Waals surface area (Å²) >= 11 is 0. The summed E-state index contributed by atoms with van der Waals surface area (Å²) < 4.78 is 12.5. The molecule has 0 saturated carbocycles. The van der Waals surface area contributed by atoms with Crippen molar-refractivity contribution in [1.82, 2.24) is 9.78 Å². The molecule has 7 heteroatoms. The maximum absolute atomic E-state index is 13.4. The van der Waals surface area contributed by atoms with E-state index in [1.54, 1.807) is 22.9 Å². The molecule has 30 heavy (non-hydrogen) atoms. The van der Waals surface area contributed by atoms with E-state index in [0.717, 1.165) is 23.4 Å². The summed E-state index contributed by atoms with van der Waals surface area (Å²) in [4.78, 5) is 25.9. The van der Waals surface area contributed by atoms with Gasteiger partial charge in [-0.05, 0) is 49.2 Å². The standard InChI is InChI=1S/C23H21N3O4/c1-3-14-5-4-6-16(9-14)26-23-21(13(2)25-26)17(11-20(27)24-23)22(28)15-7-8-18-19(10-15)30-12-29-18/h4-10,17H,3,11-12H2,1-2H3,(H,24,27)/t17-/m1/s1. The number of nitrogens with one attached hydrogen (secondary N) is 1. The average Bonchev–Trinajstić information content (AvgIpc) is 3.36. The van der Waals surface area contributed by atoms with Gasteiger partial charge in [0.05, 0.1) is 17.3 Å². The van der Waals surface area contributed by atoms with Crippen molar-refractivity contribution in [3.63, 3.8) is 0 Å². The van der Waals surface area contributed by atoms with Crippen molar-refractivity contribution < 1.29 is 19.1 Å². The molecule has 0 radical (unpaired) electrons. The van der Waals surface area contributed by atoms with Gasteiger partial charge in [-0.2, -0.15) is 5.10 Å². The Balaban J connectivity index is 1.58. The number of benzene rings is 2. The van der Waals surface area contributed by atoms with Crippen LogP contribution in [0.15, 0.2) is 42.5 Å². The third-order valence-electron chi connectivity index (χ3n) is 5.64. The van der Waals surface area contributed by atoms with Gasteiger partial charge in [0.2, 0.25) is 12.7 Å². The quantitative estimate of drug-likeness (QED) is 0.671. The van der Waals surface area contributed by atoms with Crippen LogP contribution in [0, 0.1) is 6.92 Å². The number of nitrogens with zero attached hydrogens (tertiary/aromatic N) is 2. The van der Waals surface area contributed by atoms with E-state index >= 15 is 0 Å². The molecule has 0 saturated heterocycles. The van der Waals surface area contributed by atoms with Crippen molar-refractivity contribution in [2.75, 3.05) is 12.1 Å². The van der Waals surface area contributed by atoms with Crippen molar-refractivity contribution in [2.24, 2.45) is 0 Å². The Morgan fingerprint density at radius 1 is 1.20 bits per heavy atom. The molecule has 7 nitrogen and oxygen atoms in total. The minimum Gasteiger partial charge on any atom is -0.454 e. The van der Waals surface area contributed by atoms with E-state index in [0.29, 0.717) is 22.9 Å². The minimum atomic E-state index is -0.600. The number of aromatic nitrogens is 2. The lowest BCUT2D eigenvalue weighted by atomic mass is 9.85. The van der Waals surface area contributed by atoms with Gasteiger partial charge in [0, 0.05) is 17.5 Å². The van der Waals surface area contributed by atoms with E-state index in [9.17, 15) is 9.59 Å². The molecule has 2 aliphatic rings. The SMILES string of the molecule is CCc1cccc(-n2nc(C)c3c2NC(=O)C[C@H]3C(=O)c2ccc3c(c2)OCO3)c1. The molecule has 0 aliphatic carbocycles. The van der Waals surface area contributed by atoms with Crippen molar-refractivity contribution in [3.05, 3.63) is 64.8 Å². The third-order valence-corrected chi connectivity index (χ3v) is 5.64. The molecule has 3 aromatic rings. The molecule has 3 heterocycles. The predicted octanol–water partition coefficient (Wildman–Crippen LogP) is 3.78. The monoisotopic (exact) mass is 403 g/mol. The van der Waals surface area contributed by atoms with Gasteiger partial charge in [-0.15, -0.1) is 0 Å². The van der Waals surface area contributed by atoms with Gasteiger partial charge in [-0.25, -0.2) is 4.68 Å². The van der Waals surface area contributed by atoms with Gasteiger partial charge in [-0.1, -0.05) is 19.1 Å². The zero-order valence-electron chi connectivity index (χ0n) is 16.8. The number of Topliss-reactive ketones (excluding diaryl/α,β-unsaturated/α-hetero) is 1. The highest BCUT2D eigenvalue weighted by Crippen LogP contribution is 2.40. The second kappa shape index (κ2) is 7.02. The number of rotatable bonds is 4. The summed E-state index contributed by atoms with van der Waals surface area (Å²) in [6.07, 6.45) is 0.982. The molecule has 5 rings (SSSR count). The maximum atomic E-state index is 13.4. The van der Waals surface area contributed by atoms with Crippen LogP contribution < -0.4 is 14.8 Å². The van der Waals surface area contributed by atoms with E-state index in [-0.39, 0.29) is 24.9 Å². The number of fused-ring (bicyclic) bond motifs is 2. The van der Waals surface area contributed by atoms with Gasteiger partial charge in [-0.3, -0.25) is 9.59 Å². The molecule has 0 unspecified atom stereocenters. The zero-order valence-corrected chi connectivity index (χ0v) is 16.8. The van der Waals surface area contributed by atoms with Crippen LogP contribution in [0.5, 0.6) is 11.5 Å². The number of carbonyl (C=O) groups excluding carboxylic acids is 2. The minimum absolute atomic E-state index is 0.0851. The van der Waals surface area contributed by atoms with E-state index in [1.807, 2.05) is 25.1 Å². The van der Waals surface area contributed by atoms with Crippen molar-refractivity contribution >= 4 is 17.5 Å². The highest BCUT2D eigenvalue weighted by molar-refractivity contribution is 6.08. The zero-order chi connectivity index (χ0) is 20.8. The first kappa shape index (κ1) is 18.4. The largest absolute Gasteiger partial charge is 0.454 e. The molecule has 152 valence electrons. The lowest BCUT2D eigenvalue weighted by Crippen LogP contribution is -2.28. The van der Waals surface area contributed by atoms with Gasteiger partial charge in [0.25, 0.3) is 0 Å². The van der Waals surface area contributed by atoms with Crippen molar-refractivity contribution in [3.8, 4) is 17.2 Å². The van der Waals surface area contributed by atoms with Crippen LogP contribution in [0.3, 0.4) is 0 Å². The first-order chi connectivity index (χ1) is 14.5. The highest BCUT2D eigenvalue weighted by Gasteiger charge is 2.36. The molecule has 0 spiro atoms. The number of ether oxygens (including phenoxy) is 2. The fourth-order valence-corrected chi connectivity index (χ4v) is 4.12. The first-order valence-electron chi connectivity index (χ1n) is 9.97. The summed E-state index contributed by atoms with van der Waals surface area (Å²) in [5.41, 5.74) is 4.01. The van der Waals surface area contributed by atoms with Crippen molar-refractivity contribution in [2.45, 2.75) is 32.6 Å². The molecule has 2 aromatic carbocycles. The van der Waals surface area contributed by atoms with Crippen molar-refractivity contribution in [1.29, 1.82) is 0 Å². The number of aryl methyl sites for hydroxylation is 2. The molecule has 1 N–H and O–H groups in total. The summed E-state index contributed by atoms with van der Waals surface area (Å²) in [6, 6.07) is 13.1. The molecule has 1 aromatic heterocycles. The van der Waals surface area contributed by atoms with Crippen LogP contribution in [0.4, 0.5) is 5.82 Å². The van der Waals surface area contributed by atoms with Crippen LogP contribution in [0.1, 0.15) is 46.4 Å². The van der Waals surface area contributed by atoms with E-state index in [2.05, 4.69) is 23.4 Å². The fraction of sp³-hybridized carbons (Fsp3) is 0.261. The topological polar surface area (TPSA) is 82.5 Å². The summed E-state index contributed by atoms with van der Waals surface area (Å²) in [5, 5.41) is 7.59. The number of hydrogen-bond acceptors (Lipinski definition) is 5. The summed E-state index contributed by atoms with van der Waals surface area (Å²) in [5.74, 6) is 0.802. The second-order valence-corrected chi connectivity index (χ2v) is 7.52. The van der Waals surface area contributed by atoms with Gasteiger partial charge in [0.1, 0.15) is 5.82 Å². The van der Waals surface area contributed by atoms with Crippen LogP contribution in [0.2, 0.25) is 0 Å². The van der Waals surface area contributed by atoms with Crippen LogP contribution >= 0.6 is 0 Å². The highest BCUT2D eigenvalue weighted by atomic mass is 16.7. The lowest BCUT2D eigenvalue weighted by Gasteiger charge is -2.23. The molecular formula is C23H21N3O4. The Bertz CT molecular complexity index is 1180. The molecule has 1 atom stereocenters. The number of anilines is 1. The molecule has 1 amide bonds. The number of hydrogen-bond donors (Lipinski definition) is 1. The average molecular weight is 403 g/mol. The summed E-state index contributed by atoms with van der Waals surface area (Å²) in [6.45, 7) is 4.10. The molecular weight excluding hydrogens is 382 g/mol. The Hall–Kier alpha value is -3.61. The summed E-state index contributed by atoms with van der Waals surface area (Å²) in [7, 11) is 0. The number of ketones is 1. The van der Waals surface area contributed by atoms with Gasteiger partial charge in [0.15, 0.2) is 17.3 Å². The van der Waals surface area contributed by atoms with E-state index < -0.39 is 5.92 Å². The van der Waals surface area contributed by atoms with Crippen LogP contribution in [-0.4, -0.2) is 28.3 Å². The Morgan fingerprint density at radius 3 is 2.87 bits per heavy atom. The number of amides is 1. The normalized spacial score (nSPS) is 16.9. The molecule has 2 aliphatic heterocycles. The number of carbonyl (C=O) groups is 2. The van der Waals surface area contributed by atoms with Gasteiger partial charge < -0.3 is 14.8 Å². The van der Waals surface area contributed by atoms with Crippen LogP contribution in [-0.2, 0) is 11.2 Å². The van der Waals surface area contributed by atoms with Crippen LogP contribution in [0.25, 0.3) is 5.69 Å². The lowest BCUT2D eigenvalue weighted by molar-refractivity contribution is -0.116. The Labute approximate surface area is 173 Å². The van der Waals surface area contributed by atoms with E-state index in [4.69, 9.17) is 9.47 Å². The molecule has 0 fully saturated rings. The third kappa shape index (κ3) is 2.94. The second-order valence-electron chi connectivity index (χ2n) is 7.52. The van der Waals surface area contributed by atoms with Gasteiger partial charge >= 0.3 is 0 Å².